The Kier molecular flexibility index (Phi) is 3.85. The number of benzene rings is 1. The number of hydrogen-bond acceptors (Lipinski definition) is 3. The quantitative estimate of drug-likeness (QED) is 0.444. The van der Waals surface area contributed by atoms with Gasteiger partial charge in [-0.2, -0.15) is 0 Å². The summed E-state index contributed by atoms with van der Waals surface area (Å²) in [7, 11) is 0. The van der Waals surface area contributed by atoms with E-state index in [9.17, 15) is 0 Å². The van der Waals surface area contributed by atoms with Gasteiger partial charge in [-0.1, -0.05) is 35.5 Å². The van der Waals surface area contributed by atoms with E-state index in [1.54, 1.807) is 6.92 Å². The molecule has 3 nitrogen and oxygen atoms in total. The number of oxime groups is 1. The maximum atomic E-state index is 8.31. The van der Waals surface area contributed by atoms with Crippen molar-refractivity contribution in [2.45, 2.75) is 19.9 Å². The molecule has 74 valence electrons. The second-order valence-corrected chi connectivity index (χ2v) is 3.10. The Morgan fingerprint density at radius 3 is 2.57 bits per heavy atom. The van der Waals surface area contributed by atoms with E-state index < -0.39 is 0 Å². The van der Waals surface area contributed by atoms with Crippen molar-refractivity contribution >= 4 is 11.9 Å². The average Bonchev–Trinajstić information content (AvgIpc) is 2.19. The first-order valence-electron chi connectivity index (χ1n) is 4.51. The Morgan fingerprint density at radius 2 is 2.00 bits per heavy atom. The fourth-order valence-electron chi connectivity index (χ4n) is 1.23. The highest BCUT2D eigenvalue weighted by Gasteiger charge is 2.01. The summed E-state index contributed by atoms with van der Waals surface area (Å²) in [6.07, 6.45) is 1.33. The summed E-state index contributed by atoms with van der Waals surface area (Å²) in [4.78, 5) is 4.34. The standard InChI is InChI=1S/C11H14N2O/c1-9(8-12-14)13-10(2)11-6-4-3-5-7-11/h3-8,10,14H,1-2H3/b12-8+,13-9?/t10-/m0/s1. The van der Waals surface area contributed by atoms with Crippen molar-refractivity contribution in [1.29, 1.82) is 0 Å². The van der Waals surface area contributed by atoms with Gasteiger partial charge < -0.3 is 5.21 Å². The molecule has 0 unspecified atom stereocenters. The monoisotopic (exact) mass is 190 g/mol. The SMILES string of the molecule is CC(/C=N/O)=N[C@@H](C)c1ccccc1. The molecule has 0 fully saturated rings. The normalized spacial score (nSPS) is 14.6. The van der Waals surface area contributed by atoms with Crippen LogP contribution in [0.2, 0.25) is 0 Å². The molecule has 1 aromatic rings. The predicted octanol–water partition coefficient (Wildman–Crippen LogP) is 2.67. The number of hydrogen-bond donors (Lipinski definition) is 1. The van der Waals surface area contributed by atoms with Crippen molar-refractivity contribution < 1.29 is 5.21 Å². The topological polar surface area (TPSA) is 45.0 Å². The largest absolute Gasteiger partial charge is 0.411 e. The first kappa shape index (κ1) is 10.4. The number of aliphatic imine (C=N–C) groups is 1. The minimum Gasteiger partial charge on any atom is -0.411 e. The Hall–Kier alpha value is -1.64. The minimum atomic E-state index is 0.0919. The van der Waals surface area contributed by atoms with E-state index in [-0.39, 0.29) is 6.04 Å². The highest BCUT2D eigenvalue weighted by molar-refractivity contribution is 6.29. The lowest BCUT2D eigenvalue weighted by Crippen LogP contribution is -1.97. The van der Waals surface area contributed by atoms with E-state index in [1.807, 2.05) is 37.3 Å². The van der Waals surface area contributed by atoms with E-state index >= 15 is 0 Å². The molecule has 0 bridgehead atoms. The van der Waals surface area contributed by atoms with E-state index in [0.29, 0.717) is 5.71 Å². The summed E-state index contributed by atoms with van der Waals surface area (Å²) in [5.41, 5.74) is 1.86. The van der Waals surface area contributed by atoms with Crippen LogP contribution in [0.15, 0.2) is 40.5 Å². The van der Waals surface area contributed by atoms with Gasteiger partial charge in [-0.25, -0.2) is 0 Å². The maximum absolute atomic E-state index is 8.31. The van der Waals surface area contributed by atoms with Crippen LogP contribution in [-0.4, -0.2) is 17.1 Å². The highest BCUT2D eigenvalue weighted by Crippen LogP contribution is 2.15. The lowest BCUT2D eigenvalue weighted by molar-refractivity contribution is 0.322. The van der Waals surface area contributed by atoms with Crippen molar-refractivity contribution in [2.24, 2.45) is 10.1 Å². The van der Waals surface area contributed by atoms with Crippen LogP contribution in [0.5, 0.6) is 0 Å². The Balaban J connectivity index is 2.77. The summed E-state index contributed by atoms with van der Waals surface area (Å²) >= 11 is 0. The van der Waals surface area contributed by atoms with Gasteiger partial charge in [0.2, 0.25) is 0 Å². The second kappa shape index (κ2) is 5.17. The molecule has 0 aromatic heterocycles. The Labute approximate surface area is 83.8 Å². The fraction of sp³-hybridized carbons (Fsp3) is 0.273. The van der Waals surface area contributed by atoms with Gasteiger partial charge in [0.05, 0.1) is 18.0 Å². The van der Waals surface area contributed by atoms with E-state index in [1.165, 1.54) is 6.21 Å². The number of rotatable bonds is 3. The Morgan fingerprint density at radius 1 is 1.36 bits per heavy atom. The minimum absolute atomic E-state index is 0.0919. The van der Waals surface area contributed by atoms with Gasteiger partial charge in [0.15, 0.2) is 0 Å². The summed E-state index contributed by atoms with van der Waals surface area (Å²) in [5, 5.41) is 11.2. The van der Waals surface area contributed by atoms with Gasteiger partial charge in [0.1, 0.15) is 0 Å². The molecule has 3 heteroatoms. The van der Waals surface area contributed by atoms with E-state index in [0.717, 1.165) is 5.56 Å². The van der Waals surface area contributed by atoms with Gasteiger partial charge in [-0.3, -0.25) is 4.99 Å². The van der Waals surface area contributed by atoms with Crippen LogP contribution < -0.4 is 0 Å². The van der Waals surface area contributed by atoms with Crippen LogP contribution in [0.4, 0.5) is 0 Å². The maximum Gasteiger partial charge on any atom is 0.0869 e. The van der Waals surface area contributed by atoms with E-state index in [2.05, 4.69) is 10.1 Å². The van der Waals surface area contributed by atoms with Crippen molar-refractivity contribution in [2.75, 3.05) is 0 Å². The predicted molar refractivity (Wildman–Crippen MR) is 58.2 cm³/mol. The zero-order chi connectivity index (χ0) is 10.4. The highest BCUT2D eigenvalue weighted by atomic mass is 16.4. The molecular formula is C11H14N2O. The van der Waals surface area contributed by atoms with Crippen LogP contribution in [0.1, 0.15) is 25.5 Å². The smallest absolute Gasteiger partial charge is 0.0869 e. The molecule has 0 saturated heterocycles. The summed E-state index contributed by atoms with van der Waals surface area (Å²) in [6, 6.07) is 10.1. The van der Waals surface area contributed by atoms with Crippen LogP contribution in [-0.2, 0) is 0 Å². The molecule has 14 heavy (non-hydrogen) atoms. The Bertz CT molecular complexity index is 330. The third kappa shape index (κ3) is 3.01. The molecule has 0 aliphatic rings. The van der Waals surface area contributed by atoms with Crippen molar-refractivity contribution in [3.63, 3.8) is 0 Å². The molecule has 1 N–H and O–H groups in total. The third-order valence-corrected chi connectivity index (χ3v) is 1.92. The van der Waals surface area contributed by atoms with Gasteiger partial charge in [-0.15, -0.1) is 0 Å². The molecule has 0 heterocycles. The third-order valence-electron chi connectivity index (χ3n) is 1.92. The zero-order valence-electron chi connectivity index (χ0n) is 8.38. The van der Waals surface area contributed by atoms with Gasteiger partial charge in [0, 0.05) is 0 Å². The molecule has 1 rings (SSSR count). The van der Waals surface area contributed by atoms with Crippen LogP contribution in [0.25, 0.3) is 0 Å². The molecule has 0 aliphatic carbocycles. The average molecular weight is 190 g/mol. The fourth-order valence-corrected chi connectivity index (χ4v) is 1.23. The van der Waals surface area contributed by atoms with Crippen molar-refractivity contribution in [1.82, 2.24) is 0 Å². The molecule has 0 aliphatic heterocycles. The van der Waals surface area contributed by atoms with Crippen LogP contribution >= 0.6 is 0 Å². The zero-order valence-corrected chi connectivity index (χ0v) is 8.38. The summed E-state index contributed by atoms with van der Waals surface area (Å²) in [6.45, 7) is 3.81. The molecule has 1 atom stereocenters. The summed E-state index contributed by atoms with van der Waals surface area (Å²) in [5.74, 6) is 0. The van der Waals surface area contributed by atoms with Gasteiger partial charge >= 0.3 is 0 Å². The first-order valence-corrected chi connectivity index (χ1v) is 4.51. The second-order valence-electron chi connectivity index (χ2n) is 3.10. The molecule has 0 amide bonds. The van der Waals surface area contributed by atoms with Crippen LogP contribution in [0.3, 0.4) is 0 Å². The summed E-state index contributed by atoms with van der Waals surface area (Å²) < 4.78 is 0. The van der Waals surface area contributed by atoms with Crippen molar-refractivity contribution in [3.8, 4) is 0 Å². The number of nitrogens with zero attached hydrogens (tertiary/aromatic N) is 2. The molecule has 0 radical (unpaired) electrons. The van der Waals surface area contributed by atoms with Crippen molar-refractivity contribution in [3.05, 3.63) is 35.9 Å². The first-order chi connectivity index (χ1) is 6.74. The lowest BCUT2D eigenvalue weighted by atomic mass is 10.1. The molecule has 0 saturated carbocycles. The van der Waals surface area contributed by atoms with Gasteiger partial charge in [-0.05, 0) is 19.4 Å². The van der Waals surface area contributed by atoms with Gasteiger partial charge in [0.25, 0.3) is 0 Å². The van der Waals surface area contributed by atoms with E-state index in [4.69, 9.17) is 5.21 Å². The molecular weight excluding hydrogens is 176 g/mol. The lowest BCUT2D eigenvalue weighted by Gasteiger charge is -2.06. The molecule has 1 aromatic carbocycles. The van der Waals surface area contributed by atoms with Crippen LogP contribution in [0, 0.1) is 0 Å². The molecule has 0 spiro atoms.